The van der Waals surface area contributed by atoms with Gasteiger partial charge in [-0.15, -0.1) is 0 Å². The molecule has 0 aromatic rings. The first-order chi connectivity index (χ1) is 18.1. The molecule has 0 aliphatic rings. The Hall–Kier alpha value is -0.600. The molecule has 0 aliphatic heterocycles. The van der Waals surface area contributed by atoms with E-state index in [4.69, 9.17) is 29.2 Å². The standard InChI is InChI=1S/C23H49NO14/c1-2-4-35-6-8-37-10-11-38-9-7-36-5-3-24(12-16(27)20(31)22(33)18(29)14-25)13-17(28)21(32)23(34)19(30)15-26/h16-23,25-34H,2-15H2,1H3/t16-,17-,18+,19+,20+,21+,22+,23+/m0/s1. The zero-order chi connectivity index (χ0) is 28.9. The van der Waals surface area contributed by atoms with Gasteiger partial charge in [0.15, 0.2) is 0 Å². The van der Waals surface area contributed by atoms with E-state index in [2.05, 4.69) is 0 Å². The minimum absolute atomic E-state index is 0.0612. The molecule has 38 heavy (non-hydrogen) atoms. The summed E-state index contributed by atoms with van der Waals surface area (Å²) < 4.78 is 21.5. The van der Waals surface area contributed by atoms with Crippen molar-refractivity contribution in [1.29, 1.82) is 0 Å². The molecule has 0 saturated carbocycles. The number of hydrogen-bond acceptors (Lipinski definition) is 15. The van der Waals surface area contributed by atoms with Crippen LogP contribution < -0.4 is 0 Å². The highest BCUT2D eigenvalue weighted by Gasteiger charge is 2.34. The fourth-order valence-electron chi connectivity index (χ4n) is 3.23. The molecule has 0 unspecified atom stereocenters. The van der Waals surface area contributed by atoms with Crippen LogP contribution in [0.1, 0.15) is 13.3 Å². The number of hydrogen-bond donors (Lipinski definition) is 10. The molecule has 0 radical (unpaired) electrons. The molecule has 0 saturated heterocycles. The number of ether oxygens (including phenoxy) is 4. The molecule has 0 fully saturated rings. The van der Waals surface area contributed by atoms with Gasteiger partial charge in [-0.25, -0.2) is 0 Å². The fraction of sp³-hybridized carbons (Fsp3) is 1.00. The van der Waals surface area contributed by atoms with Crippen LogP contribution >= 0.6 is 0 Å². The summed E-state index contributed by atoms with van der Waals surface area (Å²) in [5, 5.41) is 97.3. The van der Waals surface area contributed by atoms with Crippen LogP contribution in [-0.4, -0.2) is 191 Å². The number of aliphatic hydroxyl groups excluding tert-OH is 10. The van der Waals surface area contributed by atoms with Crippen molar-refractivity contribution < 1.29 is 70.0 Å². The molecule has 0 aromatic carbocycles. The summed E-state index contributed by atoms with van der Waals surface area (Å²) in [7, 11) is 0. The Labute approximate surface area is 223 Å². The van der Waals surface area contributed by atoms with E-state index in [1.54, 1.807) is 0 Å². The van der Waals surface area contributed by atoms with E-state index in [9.17, 15) is 40.9 Å². The SMILES string of the molecule is CCCOCCOCCOCCOCCN(C[C@H](O)[C@@H](O)[C@H](O)[C@H](O)CO)C[C@H](O)[C@@H](O)[C@H](O)[C@H](O)CO. The molecular weight excluding hydrogens is 514 g/mol. The van der Waals surface area contributed by atoms with Crippen LogP contribution in [0.4, 0.5) is 0 Å². The lowest BCUT2D eigenvalue weighted by atomic mass is 10.0. The molecule has 0 aliphatic carbocycles. The van der Waals surface area contributed by atoms with Gasteiger partial charge in [-0.2, -0.15) is 0 Å². The number of nitrogens with zero attached hydrogens (tertiary/aromatic N) is 1. The van der Waals surface area contributed by atoms with Gasteiger partial charge < -0.3 is 70.0 Å². The van der Waals surface area contributed by atoms with E-state index in [1.807, 2.05) is 6.92 Å². The van der Waals surface area contributed by atoms with Gasteiger partial charge in [0.1, 0.15) is 36.6 Å². The van der Waals surface area contributed by atoms with Crippen LogP contribution in [0.3, 0.4) is 0 Å². The van der Waals surface area contributed by atoms with E-state index in [1.165, 1.54) is 4.90 Å². The third-order valence-electron chi connectivity index (χ3n) is 5.56. The molecule has 8 atom stereocenters. The highest BCUT2D eigenvalue weighted by Crippen LogP contribution is 2.10. The Kier molecular flexibility index (Phi) is 22.8. The Morgan fingerprint density at radius 2 is 0.789 bits per heavy atom. The Bertz CT molecular complexity index is 506. The zero-order valence-electron chi connectivity index (χ0n) is 22.1. The summed E-state index contributed by atoms with van der Waals surface area (Å²) in [6.45, 7) is 2.67. The van der Waals surface area contributed by atoms with Crippen molar-refractivity contribution in [1.82, 2.24) is 4.90 Å². The molecule has 0 spiro atoms. The first kappa shape index (κ1) is 37.4. The second-order valence-corrected chi connectivity index (χ2v) is 8.81. The van der Waals surface area contributed by atoms with E-state index in [0.717, 1.165) is 6.42 Å². The number of rotatable bonds is 26. The molecule has 15 heteroatoms. The third kappa shape index (κ3) is 16.5. The smallest absolute Gasteiger partial charge is 0.111 e. The second kappa shape index (κ2) is 23.1. The predicted octanol–water partition coefficient (Wildman–Crippen LogP) is -5.36. The summed E-state index contributed by atoms with van der Waals surface area (Å²) in [5.41, 5.74) is 0. The van der Waals surface area contributed by atoms with Crippen LogP contribution in [0.5, 0.6) is 0 Å². The summed E-state index contributed by atoms with van der Waals surface area (Å²) in [6, 6.07) is 0. The molecule has 0 heterocycles. The summed E-state index contributed by atoms with van der Waals surface area (Å²) >= 11 is 0. The Morgan fingerprint density at radius 3 is 1.13 bits per heavy atom. The van der Waals surface area contributed by atoms with E-state index < -0.39 is 62.0 Å². The van der Waals surface area contributed by atoms with Crippen molar-refractivity contribution in [3.8, 4) is 0 Å². The van der Waals surface area contributed by atoms with Crippen molar-refractivity contribution in [3.05, 3.63) is 0 Å². The molecule has 15 nitrogen and oxygen atoms in total. The van der Waals surface area contributed by atoms with Crippen molar-refractivity contribution >= 4 is 0 Å². The van der Waals surface area contributed by atoms with Crippen LogP contribution in [0, 0.1) is 0 Å². The van der Waals surface area contributed by atoms with Crippen molar-refractivity contribution in [2.24, 2.45) is 0 Å². The lowest BCUT2D eigenvalue weighted by molar-refractivity contribution is -0.131. The van der Waals surface area contributed by atoms with Crippen LogP contribution in [0.2, 0.25) is 0 Å². The summed E-state index contributed by atoms with van der Waals surface area (Å²) in [4.78, 5) is 1.35. The van der Waals surface area contributed by atoms with Gasteiger partial charge in [0, 0.05) is 26.2 Å². The van der Waals surface area contributed by atoms with E-state index in [0.29, 0.717) is 33.0 Å². The maximum Gasteiger partial charge on any atom is 0.111 e. The molecular formula is C23H49NO14. The largest absolute Gasteiger partial charge is 0.394 e. The van der Waals surface area contributed by atoms with Gasteiger partial charge in [-0.3, -0.25) is 4.90 Å². The summed E-state index contributed by atoms with van der Waals surface area (Å²) in [6.07, 6.45) is -13.1. The van der Waals surface area contributed by atoms with E-state index >= 15 is 0 Å². The third-order valence-corrected chi connectivity index (χ3v) is 5.56. The lowest BCUT2D eigenvalue weighted by Gasteiger charge is -2.33. The monoisotopic (exact) mass is 563 g/mol. The highest BCUT2D eigenvalue weighted by molar-refractivity contribution is 4.86. The average Bonchev–Trinajstić information content (AvgIpc) is 2.92. The van der Waals surface area contributed by atoms with Crippen molar-refractivity contribution in [2.45, 2.75) is 62.2 Å². The molecule has 0 amide bonds. The van der Waals surface area contributed by atoms with Crippen LogP contribution in [0.15, 0.2) is 0 Å². The number of aliphatic hydroxyl groups is 10. The first-order valence-electron chi connectivity index (χ1n) is 12.8. The minimum Gasteiger partial charge on any atom is -0.394 e. The highest BCUT2D eigenvalue weighted by atomic mass is 16.6. The van der Waals surface area contributed by atoms with Gasteiger partial charge in [0.2, 0.25) is 0 Å². The van der Waals surface area contributed by atoms with Crippen molar-refractivity contribution in [3.63, 3.8) is 0 Å². The molecule has 10 N–H and O–H groups in total. The lowest BCUT2D eigenvalue weighted by Crippen LogP contribution is -2.53. The average molecular weight is 564 g/mol. The first-order valence-corrected chi connectivity index (χ1v) is 12.8. The topological polar surface area (TPSA) is 242 Å². The molecule has 230 valence electrons. The maximum atomic E-state index is 10.3. The van der Waals surface area contributed by atoms with Gasteiger partial charge in [-0.05, 0) is 6.42 Å². The fourth-order valence-corrected chi connectivity index (χ4v) is 3.23. The van der Waals surface area contributed by atoms with Gasteiger partial charge in [-0.1, -0.05) is 6.92 Å². The van der Waals surface area contributed by atoms with Crippen LogP contribution in [-0.2, 0) is 18.9 Å². The van der Waals surface area contributed by atoms with Gasteiger partial charge in [0.05, 0.1) is 71.7 Å². The maximum absolute atomic E-state index is 10.3. The normalized spacial score (nSPS) is 18.6. The predicted molar refractivity (Wildman–Crippen MR) is 132 cm³/mol. The Morgan fingerprint density at radius 1 is 0.474 bits per heavy atom. The molecule has 0 bridgehead atoms. The van der Waals surface area contributed by atoms with E-state index in [-0.39, 0.29) is 39.5 Å². The zero-order valence-corrected chi connectivity index (χ0v) is 22.1. The second-order valence-electron chi connectivity index (χ2n) is 8.81. The van der Waals surface area contributed by atoms with Crippen LogP contribution in [0.25, 0.3) is 0 Å². The van der Waals surface area contributed by atoms with Gasteiger partial charge in [0.25, 0.3) is 0 Å². The van der Waals surface area contributed by atoms with Crippen molar-refractivity contribution in [2.75, 3.05) is 85.7 Å². The molecule has 0 aromatic heterocycles. The molecule has 0 rings (SSSR count). The Balaban J connectivity index is 4.62. The minimum atomic E-state index is -1.85. The van der Waals surface area contributed by atoms with Gasteiger partial charge >= 0.3 is 0 Å². The quantitative estimate of drug-likeness (QED) is 0.0442. The summed E-state index contributed by atoms with van der Waals surface area (Å²) in [5.74, 6) is 0.